The Hall–Kier alpha value is -1.85. The molecule has 0 aliphatic heterocycles. The van der Waals surface area contributed by atoms with Gasteiger partial charge >= 0.3 is 0 Å². The van der Waals surface area contributed by atoms with E-state index in [1.807, 2.05) is 0 Å². The molecule has 0 atom stereocenters. The first-order valence-corrected chi connectivity index (χ1v) is 7.70. The van der Waals surface area contributed by atoms with Gasteiger partial charge in [-0.3, -0.25) is 4.79 Å². The third-order valence-corrected chi connectivity index (χ3v) is 4.29. The van der Waals surface area contributed by atoms with Gasteiger partial charge in [0.15, 0.2) is 0 Å². The van der Waals surface area contributed by atoms with Gasteiger partial charge in [-0.15, -0.1) is 0 Å². The van der Waals surface area contributed by atoms with Crippen LogP contribution in [0.4, 0.5) is 11.8 Å². The van der Waals surface area contributed by atoms with Gasteiger partial charge in [0.25, 0.3) is 0 Å². The molecule has 6 heteroatoms. The number of carbonyl (C=O) groups excluding carboxylic acids is 1. The number of carbonyl (C=O) groups is 1. The maximum absolute atomic E-state index is 11.6. The van der Waals surface area contributed by atoms with Crippen LogP contribution in [0.15, 0.2) is 6.20 Å². The maximum Gasteiger partial charge on any atom is 0.222 e. The van der Waals surface area contributed by atoms with E-state index in [1.54, 1.807) is 13.2 Å². The average Bonchev–Trinajstić information content (AvgIpc) is 2.52. The number of hydrogen-bond donors (Lipinski definition) is 3. The lowest BCUT2D eigenvalue weighted by atomic mass is 9.81. The Balaban J connectivity index is 1.85. The van der Waals surface area contributed by atoms with Crippen LogP contribution in [-0.2, 0) is 11.2 Å². The molecule has 1 fully saturated rings. The van der Waals surface area contributed by atoms with Crippen molar-refractivity contribution in [2.24, 2.45) is 11.8 Å². The van der Waals surface area contributed by atoms with Gasteiger partial charge in [-0.25, -0.2) is 4.98 Å². The zero-order chi connectivity index (χ0) is 15.2. The zero-order valence-electron chi connectivity index (χ0n) is 12.9. The predicted molar refractivity (Wildman–Crippen MR) is 83.8 cm³/mol. The molecule has 0 unspecified atom stereocenters. The van der Waals surface area contributed by atoms with Crippen molar-refractivity contribution in [3.8, 4) is 0 Å². The fourth-order valence-corrected chi connectivity index (χ4v) is 2.91. The van der Waals surface area contributed by atoms with Crippen molar-refractivity contribution >= 4 is 17.7 Å². The second-order valence-corrected chi connectivity index (χ2v) is 5.67. The molecular formula is C15H25N5O. The molecule has 0 bridgehead atoms. The normalized spacial score (nSPS) is 21.8. The number of rotatable bonds is 5. The minimum absolute atomic E-state index is 0.179. The first kappa shape index (κ1) is 15.5. The van der Waals surface area contributed by atoms with Crippen LogP contribution in [0.25, 0.3) is 0 Å². The standard InChI is InChI=1S/C15H25N5O/c1-3-11-9-19-15(16)20-13(11)18-8-10-4-6-12(7-5-10)14(21)17-2/h9-10,12H,3-8H2,1-2H3,(H,17,21)(H3,16,18,19,20). The van der Waals surface area contributed by atoms with E-state index in [-0.39, 0.29) is 11.8 Å². The van der Waals surface area contributed by atoms with Gasteiger partial charge in [-0.1, -0.05) is 6.92 Å². The molecule has 1 aromatic rings. The minimum Gasteiger partial charge on any atom is -0.369 e. The summed E-state index contributed by atoms with van der Waals surface area (Å²) in [6.07, 6.45) is 6.76. The minimum atomic E-state index is 0.179. The molecule has 21 heavy (non-hydrogen) atoms. The largest absolute Gasteiger partial charge is 0.369 e. The Kier molecular flexibility index (Phi) is 5.36. The second-order valence-electron chi connectivity index (χ2n) is 5.67. The summed E-state index contributed by atoms with van der Waals surface area (Å²) in [5.41, 5.74) is 6.74. The highest BCUT2D eigenvalue weighted by Crippen LogP contribution is 2.29. The molecule has 1 heterocycles. The second kappa shape index (κ2) is 7.24. The van der Waals surface area contributed by atoms with Crippen LogP contribution >= 0.6 is 0 Å². The fourth-order valence-electron chi connectivity index (χ4n) is 2.91. The lowest BCUT2D eigenvalue weighted by Crippen LogP contribution is -2.32. The topological polar surface area (TPSA) is 92.9 Å². The van der Waals surface area contributed by atoms with E-state index in [1.165, 1.54) is 0 Å². The lowest BCUT2D eigenvalue weighted by Gasteiger charge is -2.27. The Morgan fingerprint density at radius 3 is 2.71 bits per heavy atom. The summed E-state index contributed by atoms with van der Waals surface area (Å²) in [5.74, 6) is 2.11. The fraction of sp³-hybridized carbons (Fsp3) is 0.667. The smallest absolute Gasteiger partial charge is 0.222 e. The highest BCUT2D eigenvalue weighted by Gasteiger charge is 2.25. The Morgan fingerprint density at radius 2 is 2.10 bits per heavy atom. The summed E-state index contributed by atoms with van der Waals surface area (Å²) in [6, 6.07) is 0. The zero-order valence-corrected chi connectivity index (χ0v) is 12.9. The third-order valence-electron chi connectivity index (χ3n) is 4.29. The summed E-state index contributed by atoms with van der Waals surface area (Å²) in [4.78, 5) is 19.9. The molecule has 1 aromatic heterocycles. The summed E-state index contributed by atoms with van der Waals surface area (Å²) in [6.45, 7) is 2.96. The summed E-state index contributed by atoms with van der Waals surface area (Å²) in [7, 11) is 1.71. The van der Waals surface area contributed by atoms with E-state index < -0.39 is 0 Å². The van der Waals surface area contributed by atoms with Crippen molar-refractivity contribution < 1.29 is 4.79 Å². The molecule has 0 radical (unpaired) electrons. The number of nitrogen functional groups attached to an aromatic ring is 1. The Bertz CT molecular complexity index is 483. The number of nitrogens with zero attached hydrogens (tertiary/aromatic N) is 2. The lowest BCUT2D eigenvalue weighted by molar-refractivity contribution is -0.125. The van der Waals surface area contributed by atoms with Crippen molar-refractivity contribution in [2.75, 3.05) is 24.6 Å². The molecule has 0 spiro atoms. The molecule has 0 saturated heterocycles. The predicted octanol–water partition coefficient (Wildman–Crippen LogP) is 1.59. The molecule has 4 N–H and O–H groups in total. The number of anilines is 2. The number of nitrogens with one attached hydrogen (secondary N) is 2. The van der Waals surface area contributed by atoms with Crippen molar-refractivity contribution in [1.82, 2.24) is 15.3 Å². The molecule has 2 rings (SSSR count). The van der Waals surface area contributed by atoms with Crippen LogP contribution in [0.1, 0.15) is 38.2 Å². The van der Waals surface area contributed by atoms with E-state index in [2.05, 4.69) is 27.5 Å². The van der Waals surface area contributed by atoms with Gasteiger partial charge < -0.3 is 16.4 Å². The molecular weight excluding hydrogens is 266 g/mol. The van der Waals surface area contributed by atoms with Crippen LogP contribution < -0.4 is 16.4 Å². The molecule has 1 aliphatic rings. The van der Waals surface area contributed by atoms with E-state index in [0.717, 1.165) is 50.0 Å². The van der Waals surface area contributed by atoms with E-state index >= 15 is 0 Å². The van der Waals surface area contributed by atoms with Gasteiger partial charge in [0.05, 0.1) is 0 Å². The molecule has 6 nitrogen and oxygen atoms in total. The SMILES string of the molecule is CCc1cnc(N)nc1NCC1CCC(C(=O)NC)CC1. The Morgan fingerprint density at radius 1 is 1.38 bits per heavy atom. The van der Waals surface area contributed by atoms with Crippen molar-refractivity contribution in [2.45, 2.75) is 39.0 Å². The van der Waals surface area contributed by atoms with Gasteiger partial charge in [0, 0.05) is 31.3 Å². The van der Waals surface area contributed by atoms with Crippen molar-refractivity contribution in [3.63, 3.8) is 0 Å². The Labute approximate surface area is 125 Å². The first-order valence-electron chi connectivity index (χ1n) is 7.70. The molecule has 1 aliphatic carbocycles. The van der Waals surface area contributed by atoms with Crippen LogP contribution in [0, 0.1) is 11.8 Å². The maximum atomic E-state index is 11.6. The average molecular weight is 291 g/mol. The van der Waals surface area contributed by atoms with Gasteiger partial charge in [0.1, 0.15) is 5.82 Å². The van der Waals surface area contributed by atoms with E-state index in [0.29, 0.717) is 11.9 Å². The number of hydrogen-bond acceptors (Lipinski definition) is 5. The van der Waals surface area contributed by atoms with Gasteiger partial charge in [-0.2, -0.15) is 4.98 Å². The van der Waals surface area contributed by atoms with E-state index in [9.17, 15) is 4.79 Å². The highest BCUT2D eigenvalue weighted by atomic mass is 16.1. The number of aromatic nitrogens is 2. The first-order chi connectivity index (χ1) is 10.1. The number of nitrogens with two attached hydrogens (primary N) is 1. The number of amides is 1. The summed E-state index contributed by atoms with van der Waals surface area (Å²) < 4.78 is 0. The summed E-state index contributed by atoms with van der Waals surface area (Å²) >= 11 is 0. The monoisotopic (exact) mass is 291 g/mol. The molecule has 1 amide bonds. The van der Waals surface area contributed by atoms with Gasteiger partial charge in [0.2, 0.25) is 11.9 Å². The molecule has 0 aromatic carbocycles. The van der Waals surface area contributed by atoms with Crippen LogP contribution in [0.5, 0.6) is 0 Å². The van der Waals surface area contributed by atoms with Crippen LogP contribution in [0.2, 0.25) is 0 Å². The van der Waals surface area contributed by atoms with Gasteiger partial charge in [-0.05, 0) is 38.0 Å². The van der Waals surface area contributed by atoms with Crippen LogP contribution in [-0.4, -0.2) is 29.5 Å². The highest BCUT2D eigenvalue weighted by molar-refractivity contribution is 5.78. The molecule has 1 saturated carbocycles. The van der Waals surface area contributed by atoms with Crippen LogP contribution in [0.3, 0.4) is 0 Å². The molecule has 116 valence electrons. The van der Waals surface area contributed by atoms with Crippen molar-refractivity contribution in [3.05, 3.63) is 11.8 Å². The summed E-state index contributed by atoms with van der Waals surface area (Å²) in [5, 5.41) is 6.14. The van der Waals surface area contributed by atoms with E-state index in [4.69, 9.17) is 5.73 Å². The third kappa shape index (κ3) is 4.06. The van der Waals surface area contributed by atoms with Crippen molar-refractivity contribution in [1.29, 1.82) is 0 Å². The number of aryl methyl sites for hydroxylation is 1. The quantitative estimate of drug-likeness (QED) is 0.766.